The van der Waals surface area contributed by atoms with Gasteiger partial charge in [-0.05, 0) is 61.4 Å². The maximum atomic E-state index is 6.22. The lowest BCUT2D eigenvalue weighted by atomic mass is 9.77. The smallest absolute Gasteiger partial charge is 0.0438 e. The molecule has 0 fully saturated rings. The summed E-state index contributed by atoms with van der Waals surface area (Å²) in [6.45, 7) is 14.4. The van der Waals surface area contributed by atoms with Crippen molar-refractivity contribution in [2.24, 2.45) is 5.41 Å². The molecule has 1 N–H and O–H groups in total. The van der Waals surface area contributed by atoms with E-state index in [9.17, 15) is 0 Å². The van der Waals surface area contributed by atoms with Crippen molar-refractivity contribution in [3.05, 3.63) is 33.8 Å². The average Bonchev–Trinajstić information content (AvgIpc) is 2.35. The van der Waals surface area contributed by atoms with E-state index in [1.807, 2.05) is 0 Å². The number of hydrogen-bond acceptors (Lipinski definition) is 1. The number of benzene rings is 1. The average molecular weight is 282 g/mol. The fraction of sp³-hybridized carbons (Fsp3) is 0.647. The van der Waals surface area contributed by atoms with Crippen molar-refractivity contribution in [1.29, 1.82) is 0 Å². The van der Waals surface area contributed by atoms with Gasteiger partial charge in [0.15, 0.2) is 0 Å². The number of nitrogens with one attached hydrogen (secondary N) is 1. The molecule has 0 saturated carbocycles. The largest absolute Gasteiger partial charge is 0.309 e. The first-order chi connectivity index (χ1) is 8.83. The van der Waals surface area contributed by atoms with Crippen LogP contribution in [0.15, 0.2) is 12.1 Å². The Hall–Kier alpha value is -0.530. The summed E-state index contributed by atoms with van der Waals surface area (Å²) in [6.07, 6.45) is 2.30. The van der Waals surface area contributed by atoms with Gasteiger partial charge >= 0.3 is 0 Å². The molecule has 0 saturated heterocycles. The lowest BCUT2D eigenvalue weighted by Gasteiger charge is -2.36. The highest BCUT2D eigenvalue weighted by atomic mass is 35.5. The van der Waals surface area contributed by atoms with E-state index in [0.717, 1.165) is 30.0 Å². The van der Waals surface area contributed by atoms with E-state index in [0.29, 0.717) is 6.04 Å². The number of rotatable bonds is 6. The second-order valence-electron chi connectivity index (χ2n) is 6.19. The highest BCUT2D eigenvalue weighted by Gasteiger charge is 2.29. The van der Waals surface area contributed by atoms with E-state index in [-0.39, 0.29) is 5.41 Å². The van der Waals surface area contributed by atoms with E-state index in [2.05, 4.69) is 59.0 Å². The molecule has 0 spiro atoms. The Bertz CT molecular complexity index is 424. The summed E-state index contributed by atoms with van der Waals surface area (Å²) < 4.78 is 0. The molecule has 1 nitrogen and oxygen atoms in total. The van der Waals surface area contributed by atoms with Crippen LogP contribution in [0.3, 0.4) is 0 Å². The lowest BCUT2D eigenvalue weighted by Crippen LogP contribution is -2.35. The Labute approximate surface area is 123 Å². The summed E-state index contributed by atoms with van der Waals surface area (Å²) in [5.74, 6) is 0. The van der Waals surface area contributed by atoms with Gasteiger partial charge in [-0.3, -0.25) is 0 Å². The zero-order valence-corrected chi connectivity index (χ0v) is 14.0. The van der Waals surface area contributed by atoms with Gasteiger partial charge in [0.25, 0.3) is 0 Å². The van der Waals surface area contributed by atoms with E-state index < -0.39 is 0 Å². The third-order valence-electron chi connectivity index (χ3n) is 4.15. The van der Waals surface area contributed by atoms with Crippen LogP contribution in [0.2, 0.25) is 5.02 Å². The van der Waals surface area contributed by atoms with E-state index in [1.165, 1.54) is 11.1 Å². The molecule has 0 aliphatic carbocycles. The summed E-state index contributed by atoms with van der Waals surface area (Å²) in [6, 6.07) is 4.73. The van der Waals surface area contributed by atoms with Crippen molar-refractivity contribution in [2.45, 2.75) is 60.4 Å². The summed E-state index contributed by atoms with van der Waals surface area (Å²) in [5, 5.41) is 4.59. The van der Waals surface area contributed by atoms with Crippen molar-refractivity contribution in [2.75, 3.05) is 6.54 Å². The minimum atomic E-state index is 0.236. The Morgan fingerprint density at radius 1 is 1.16 bits per heavy atom. The van der Waals surface area contributed by atoms with Gasteiger partial charge in [0.05, 0.1) is 0 Å². The van der Waals surface area contributed by atoms with Crippen LogP contribution >= 0.6 is 11.6 Å². The zero-order valence-electron chi connectivity index (χ0n) is 13.2. The molecule has 0 radical (unpaired) electrons. The Morgan fingerprint density at radius 3 is 2.32 bits per heavy atom. The molecule has 1 rings (SSSR count). The highest BCUT2D eigenvalue weighted by Crippen LogP contribution is 2.38. The van der Waals surface area contributed by atoms with Crippen LogP contribution in [-0.2, 0) is 0 Å². The topological polar surface area (TPSA) is 12.0 Å². The minimum Gasteiger partial charge on any atom is -0.309 e. The SMILES string of the molecule is CCCNC(c1cc(C)c(Cl)cc1C)C(C)(C)CC. The number of hydrogen-bond donors (Lipinski definition) is 1. The van der Waals surface area contributed by atoms with Gasteiger partial charge in [-0.2, -0.15) is 0 Å². The van der Waals surface area contributed by atoms with Gasteiger partial charge < -0.3 is 5.32 Å². The maximum Gasteiger partial charge on any atom is 0.0438 e. The first kappa shape index (κ1) is 16.5. The fourth-order valence-electron chi connectivity index (χ4n) is 2.41. The molecule has 2 heteroatoms. The predicted molar refractivity (Wildman–Crippen MR) is 86.0 cm³/mol. The maximum absolute atomic E-state index is 6.22. The second kappa shape index (κ2) is 6.76. The molecule has 1 aromatic carbocycles. The van der Waals surface area contributed by atoms with Crippen LogP contribution < -0.4 is 5.32 Å². The Balaban J connectivity index is 3.21. The second-order valence-corrected chi connectivity index (χ2v) is 6.59. The third kappa shape index (κ3) is 3.97. The Kier molecular flexibility index (Phi) is 5.88. The molecular weight excluding hydrogens is 254 g/mol. The summed E-state index contributed by atoms with van der Waals surface area (Å²) in [5.41, 5.74) is 4.07. The van der Waals surface area contributed by atoms with Gasteiger partial charge in [-0.1, -0.05) is 45.4 Å². The van der Waals surface area contributed by atoms with Crippen LogP contribution in [0.1, 0.15) is 63.3 Å². The van der Waals surface area contributed by atoms with Gasteiger partial charge in [-0.25, -0.2) is 0 Å². The molecule has 1 unspecified atom stereocenters. The van der Waals surface area contributed by atoms with Crippen molar-refractivity contribution >= 4 is 11.6 Å². The van der Waals surface area contributed by atoms with Gasteiger partial charge in [0.2, 0.25) is 0 Å². The molecule has 0 heterocycles. The Morgan fingerprint density at radius 2 is 1.79 bits per heavy atom. The number of halogens is 1. The molecule has 1 aromatic rings. The van der Waals surface area contributed by atoms with Crippen molar-refractivity contribution in [3.8, 4) is 0 Å². The van der Waals surface area contributed by atoms with Crippen molar-refractivity contribution in [3.63, 3.8) is 0 Å². The molecule has 0 amide bonds. The van der Waals surface area contributed by atoms with E-state index in [1.54, 1.807) is 0 Å². The van der Waals surface area contributed by atoms with Crippen LogP contribution in [0.25, 0.3) is 0 Å². The van der Waals surface area contributed by atoms with Gasteiger partial charge in [-0.15, -0.1) is 0 Å². The summed E-state index contributed by atoms with van der Waals surface area (Å²) in [4.78, 5) is 0. The summed E-state index contributed by atoms with van der Waals surface area (Å²) >= 11 is 6.22. The van der Waals surface area contributed by atoms with Crippen LogP contribution in [0, 0.1) is 19.3 Å². The summed E-state index contributed by atoms with van der Waals surface area (Å²) in [7, 11) is 0. The normalized spacial score (nSPS) is 13.6. The molecule has 1 atom stereocenters. The zero-order chi connectivity index (χ0) is 14.6. The first-order valence-electron chi connectivity index (χ1n) is 7.33. The predicted octanol–water partition coefficient (Wildman–Crippen LogP) is 5.43. The van der Waals surface area contributed by atoms with Gasteiger partial charge in [0, 0.05) is 11.1 Å². The third-order valence-corrected chi connectivity index (χ3v) is 4.56. The quantitative estimate of drug-likeness (QED) is 0.733. The van der Waals surface area contributed by atoms with Crippen LogP contribution in [0.5, 0.6) is 0 Å². The lowest BCUT2D eigenvalue weighted by molar-refractivity contribution is 0.234. The molecule has 108 valence electrons. The molecular formula is C17H28ClN. The molecule has 0 aliphatic heterocycles. The van der Waals surface area contributed by atoms with Crippen LogP contribution in [-0.4, -0.2) is 6.54 Å². The van der Waals surface area contributed by atoms with Crippen molar-refractivity contribution < 1.29 is 0 Å². The van der Waals surface area contributed by atoms with Crippen LogP contribution in [0.4, 0.5) is 0 Å². The molecule has 0 aromatic heterocycles. The van der Waals surface area contributed by atoms with Gasteiger partial charge in [0.1, 0.15) is 0 Å². The van der Waals surface area contributed by atoms with Crippen molar-refractivity contribution in [1.82, 2.24) is 5.32 Å². The molecule has 19 heavy (non-hydrogen) atoms. The first-order valence-corrected chi connectivity index (χ1v) is 7.71. The standard InChI is InChI=1S/C17H28ClN/c1-7-9-19-16(17(5,6)8-2)14-10-13(4)15(18)11-12(14)3/h10-11,16,19H,7-9H2,1-6H3. The van der Waals surface area contributed by atoms with E-state index >= 15 is 0 Å². The molecule has 0 aliphatic rings. The fourth-order valence-corrected chi connectivity index (χ4v) is 2.63. The molecule has 0 bridgehead atoms. The highest BCUT2D eigenvalue weighted by molar-refractivity contribution is 6.31. The minimum absolute atomic E-state index is 0.236. The van der Waals surface area contributed by atoms with E-state index in [4.69, 9.17) is 11.6 Å². The monoisotopic (exact) mass is 281 g/mol. The number of aryl methyl sites for hydroxylation is 2.